The van der Waals surface area contributed by atoms with Gasteiger partial charge < -0.3 is 0 Å². The highest BCUT2D eigenvalue weighted by atomic mass is 35.7. The number of aromatic nitrogens is 4. The number of hydrogen-bond donors (Lipinski definition) is 0. The quantitative estimate of drug-likeness (QED) is 0.810. The summed E-state index contributed by atoms with van der Waals surface area (Å²) in [4.78, 5) is 4.97. The molecule has 18 heavy (non-hydrogen) atoms. The topological polar surface area (TPSA) is 77.7 Å². The summed E-state index contributed by atoms with van der Waals surface area (Å²) in [7, 11) is 1.51. The van der Waals surface area contributed by atoms with Crippen molar-refractivity contribution in [2.75, 3.05) is 0 Å². The van der Waals surface area contributed by atoms with Crippen molar-refractivity contribution < 1.29 is 8.42 Å². The molecule has 1 saturated carbocycles. The molecule has 1 fully saturated rings. The zero-order valence-corrected chi connectivity index (χ0v) is 11.8. The number of aryl methyl sites for hydroxylation is 1. The summed E-state index contributed by atoms with van der Waals surface area (Å²) in [6, 6.07) is 0.125. The zero-order valence-electron chi connectivity index (χ0n) is 9.37. The molecular formula is C9H9ClN4O2S2. The highest BCUT2D eigenvalue weighted by Crippen LogP contribution is 2.41. The van der Waals surface area contributed by atoms with E-state index in [1.807, 2.05) is 6.92 Å². The van der Waals surface area contributed by atoms with Gasteiger partial charge in [-0.1, -0.05) is 0 Å². The van der Waals surface area contributed by atoms with Crippen molar-refractivity contribution >= 4 is 31.1 Å². The third-order valence-corrected chi connectivity index (χ3v) is 4.80. The summed E-state index contributed by atoms with van der Waals surface area (Å²) in [5, 5.41) is 7.51. The van der Waals surface area contributed by atoms with Crippen LogP contribution >= 0.6 is 22.0 Å². The van der Waals surface area contributed by atoms with Gasteiger partial charge in [0.2, 0.25) is 0 Å². The summed E-state index contributed by atoms with van der Waals surface area (Å²) in [6.07, 6.45) is 1.84. The normalized spacial score (nSPS) is 16.1. The molecule has 0 bridgehead atoms. The van der Waals surface area contributed by atoms with E-state index in [9.17, 15) is 8.42 Å². The van der Waals surface area contributed by atoms with Crippen LogP contribution in [0.2, 0.25) is 0 Å². The fourth-order valence-corrected chi connectivity index (χ4v) is 3.49. The first kappa shape index (κ1) is 12.1. The molecule has 0 N–H and O–H groups in total. The summed E-state index contributed by atoms with van der Waals surface area (Å²) in [5.41, 5.74) is 2.51. The van der Waals surface area contributed by atoms with Crippen LogP contribution in [0.25, 0.3) is 10.7 Å². The Balaban J connectivity index is 2.23. The molecule has 96 valence electrons. The maximum Gasteiger partial charge on any atom is 0.296 e. The van der Waals surface area contributed by atoms with Gasteiger partial charge in [-0.3, -0.25) is 4.57 Å². The average Bonchev–Trinajstić information content (AvgIpc) is 2.86. The lowest BCUT2D eigenvalue weighted by molar-refractivity contribution is 0.579. The second-order valence-electron chi connectivity index (χ2n) is 4.11. The molecule has 3 rings (SSSR count). The van der Waals surface area contributed by atoms with Gasteiger partial charge in [-0.25, -0.2) is 13.4 Å². The Kier molecular flexibility index (Phi) is 2.68. The van der Waals surface area contributed by atoms with Crippen LogP contribution in [0.3, 0.4) is 0 Å². The van der Waals surface area contributed by atoms with Gasteiger partial charge >= 0.3 is 0 Å². The van der Waals surface area contributed by atoms with Crippen molar-refractivity contribution in [2.45, 2.75) is 31.0 Å². The van der Waals surface area contributed by atoms with Crippen molar-refractivity contribution in [1.29, 1.82) is 0 Å². The van der Waals surface area contributed by atoms with Gasteiger partial charge in [0.25, 0.3) is 14.2 Å². The maximum atomic E-state index is 11.5. The molecule has 1 aliphatic rings. The van der Waals surface area contributed by atoms with Gasteiger partial charge in [-0.2, -0.15) is 0 Å². The number of thiazole rings is 1. The highest BCUT2D eigenvalue weighted by molar-refractivity contribution is 8.13. The van der Waals surface area contributed by atoms with E-state index in [-0.39, 0.29) is 11.2 Å². The maximum absolute atomic E-state index is 11.5. The molecular weight excluding hydrogens is 296 g/mol. The van der Waals surface area contributed by atoms with E-state index in [2.05, 4.69) is 15.2 Å². The van der Waals surface area contributed by atoms with E-state index in [0.29, 0.717) is 5.82 Å². The SMILES string of the molecule is Cc1ncsc1-c1nnc(S(=O)(=O)Cl)n1C1CC1. The molecule has 0 unspecified atom stereocenters. The highest BCUT2D eigenvalue weighted by Gasteiger charge is 2.34. The second kappa shape index (κ2) is 4.01. The smallest absolute Gasteiger partial charge is 0.293 e. The Labute approximate surface area is 112 Å². The van der Waals surface area contributed by atoms with E-state index in [4.69, 9.17) is 10.7 Å². The fraction of sp³-hybridized carbons (Fsp3) is 0.444. The molecule has 2 aromatic heterocycles. The lowest BCUT2D eigenvalue weighted by Gasteiger charge is -2.05. The lowest BCUT2D eigenvalue weighted by Crippen LogP contribution is -2.06. The van der Waals surface area contributed by atoms with Crippen molar-refractivity contribution in [3.8, 4) is 10.7 Å². The molecule has 0 spiro atoms. The molecule has 0 aromatic carbocycles. The van der Waals surface area contributed by atoms with Crippen molar-refractivity contribution in [3.05, 3.63) is 11.2 Å². The van der Waals surface area contributed by atoms with Crippen molar-refractivity contribution in [3.63, 3.8) is 0 Å². The van der Waals surface area contributed by atoms with E-state index in [0.717, 1.165) is 23.4 Å². The van der Waals surface area contributed by atoms with Gasteiger partial charge in [0, 0.05) is 16.7 Å². The van der Waals surface area contributed by atoms with Crippen LogP contribution in [0.15, 0.2) is 10.7 Å². The van der Waals surface area contributed by atoms with E-state index in [1.165, 1.54) is 11.3 Å². The van der Waals surface area contributed by atoms with E-state index >= 15 is 0 Å². The summed E-state index contributed by atoms with van der Waals surface area (Å²) in [6.45, 7) is 1.85. The summed E-state index contributed by atoms with van der Waals surface area (Å²) >= 11 is 1.41. The largest absolute Gasteiger partial charge is 0.296 e. The van der Waals surface area contributed by atoms with Gasteiger partial charge in [0.1, 0.15) is 0 Å². The molecule has 2 heterocycles. The molecule has 2 aromatic rings. The summed E-state index contributed by atoms with van der Waals surface area (Å²) in [5.74, 6) is 0.539. The third-order valence-electron chi connectivity index (χ3n) is 2.74. The Hall–Kier alpha value is -0.990. The molecule has 0 radical (unpaired) electrons. The fourth-order valence-electron chi connectivity index (χ4n) is 1.78. The van der Waals surface area contributed by atoms with Crippen LogP contribution in [-0.4, -0.2) is 28.2 Å². The number of hydrogen-bond acceptors (Lipinski definition) is 6. The molecule has 9 heteroatoms. The molecule has 1 aliphatic carbocycles. The van der Waals surface area contributed by atoms with Gasteiger partial charge in [0.15, 0.2) is 5.82 Å². The minimum absolute atomic E-state index is 0.125. The Bertz CT molecular complexity index is 702. The van der Waals surface area contributed by atoms with Crippen LogP contribution in [0.4, 0.5) is 0 Å². The summed E-state index contributed by atoms with van der Waals surface area (Å²) < 4.78 is 24.6. The average molecular weight is 305 g/mol. The standard InChI is InChI=1S/C9H9ClN4O2S2/c1-5-7(17-4-11-5)8-12-13-9(18(10,15)16)14(8)6-2-3-6/h4,6H,2-3H2,1H3. The second-order valence-corrected chi connectivity index (χ2v) is 7.43. The molecule has 0 saturated heterocycles. The monoisotopic (exact) mass is 304 g/mol. The Morgan fingerprint density at radius 2 is 2.17 bits per heavy atom. The Morgan fingerprint density at radius 1 is 1.44 bits per heavy atom. The number of rotatable bonds is 3. The van der Waals surface area contributed by atoms with E-state index < -0.39 is 9.05 Å². The predicted molar refractivity (Wildman–Crippen MR) is 67.2 cm³/mol. The first-order valence-corrected chi connectivity index (χ1v) is 8.47. The lowest BCUT2D eigenvalue weighted by atomic mass is 10.4. The third kappa shape index (κ3) is 1.94. The van der Waals surface area contributed by atoms with E-state index in [1.54, 1.807) is 10.1 Å². The van der Waals surface area contributed by atoms with Crippen molar-refractivity contribution in [1.82, 2.24) is 19.7 Å². The van der Waals surface area contributed by atoms with Crippen LogP contribution in [0.5, 0.6) is 0 Å². The van der Waals surface area contributed by atoms with Gasteiger partial charge in [-0.05, 0) is 19.8 Å². The minimum atomic E-state index is -3.88. The van der Waals surface area contributed by atoms with Gasteiger partial charge in [0.05, 0.1) is 16.1 Å². The van der Waals surface area contributed by atoms with Crippen LogP contribution < -0.4 is 0 Å². The number of nitrogens with zero attached hydrogens (tertiary/aromatic N) is 4. The first-order chi connectivity index (χ1) is 8.48. The molecule has 0 aliphatic heterocycles. The van der Waals surface area contributed by atoms with Crippen molar-refractivity contribution in [2.24, 2.45) is 0 Å². The van der Waals surface area contributed by atoms with Crippen LogP contribution in [-0.2, 0) is 9.05 Å². The molecule has 0 amide bonds. The van der Waals surface area contributed by atoms with Gasteiger partial charge in [-0.15, -0.1) is 21.5 Å². The Morgan fingerprint density at radius 3 is 2.67 bits per heavy atom. The zero-order chi connectivity index (χ0) is 12.9. The first-order valence-electron chi connectivity index (χ1n) is 5.28. The minimum Gasteiger partial charge on any atom is -0.293 e. The number of halogens is 1. The predicted octanol–water partition coefficient (Wildman–Crippen LogP) is 1.97. The van der Waals surface area contributed by atoms with Crippen LogP contribution in [0, 0.1) is 6.92 Å². The molecule has 0 atom stereocenters. The molecule has 6 nitrogen and oxygen atoms in total. The van der Waals surface area contributed by atoms with Crippen LogP contribution in [0.1, 0.15) is 24.6 Å².